The van der Waals surface area contributed by atoms with Crippen LogP contribution < -0.4 is 4.74 Å². The Labute approximate surface area is 156 Å². The average Bonchev–Trinajstić information content (AvgIpc) is 3.09. The van der Waals surface area contributed by atoms with Crippen LogP contribution in [-0.2, 0) is 10.0 Å². The average molecular weight is 380 g/mol. The van der Waals surface area contributed by atoms with E-state index in [-0.39, 0.29) is 5.75 Å². The second-order valence-corrected chi connectivity index (χ2v) is 8.87. The SMILES string of the molecule is CCCCCS(=O)(=O)n1ncc2c(OCCN3CCCCC3)cccc21. The molecule has 0 radical (unpaired) electrons. The van der Waals surface area contributed by atoms with E-state index in [1.807, 2.05) is 12.1 Å². The second kappa shape index (κ2) is 8.86. The van der Waals surface area contributed by atoms with E-state index in [1.54, 1.807) is 12.3 Å². The molecule has 0 unspecified atom stereocenters. The van der Waals surface area contributed by atoms with Gasteiger partial charge < -0.3 is 4.74 Å². The molecule has 0 atom stereocenters. The van der Waals surface area contributed by atoms with Gasteiger partial charge in [0.1, 0.15) is 12.4 Å². The number of hydrogen-bond donors (Lipinski definition) is 0. The van der Waals surface area contributed by atoms with Crippen molar-refractivity contribution >= 4 is 20.9 Å². The van der Waals surface area contributed by atoms with E-state index >= 15 is 0 Å². The van der Waals surface area contributed by atoms with Gasteiger partial charge in [-0.15, -0.1) is 0 Å². The van der Waals surface area contributed by atoms with Crippen molar-refractivity contribution in [1.82, 2.24) is 14.1 Å². The van der Waals surface area contributed by atoms with Crippen molar-refractivity contribution in [3.63, 3.8) is 0 Å². The van der Waals surface area contributed by atoms with Gasteiger partial charge in [0.15, 0.2) is 0 Å². The van der Waals surface area contributed by atoms with Gasteiger partial charge in [-0.25, -0.2) is 8.42 Å². The van der Waals surface area contributed by atoms with E-state index in [2.05, 4.69) is 16.9 Å². The molecule has 2 aromatic rings. The third-order valence-corrected chi connectivity index (χ3v) is 6.55. The minimum Gasteiger partial charge on any atom is -0.491 e. The molecular formula is C19H29N3O3S. The molecule has 0 amide bonds. The predicted octanol–water partition coefficient (Wildman–Crippen LogP) is 3.27. The number of unbranched alkanes of at least 4 members (excludes halogenated alkanes) is 2. The lowest BCUT2D eigenvalue weighted by Crippen LogP contribution is -2.33. The first-order valence-corrected chi connectivity index (χ1v) is 11.3. The summed E-state index contributed by atoms with van der Waals surface area (Å²) < 4.78 is 32.3. The Bertz CT molecular complexity index is 811. The molecule has 1 aromatic heterocycles. The highest BCUT2D eigenvalue weighted by Crippen LogP contribution is 2.26. The maximum atomic E-state index is 12.6. The summed E-state index contributed by atoms with van der Waals surface area (Å²) in [6.45, 7) is 5.85. The molecule has 6 nitrogen and oxygen atoms in total. The first-order chi connectivity index (χ1) is 12.6. The molecule has 0 bridgehead atoms. The summed E-state index contributed by atoms with van der Waals surface area (Å²) in [4.78, 5) is 2.42. The number of rotatable bonds is 9. The number of fused-ring (bicyclic) bond motifs is 1. The van der Waals surface area contributed by atoms with Gasteiger partial charge in [-0.2, -0.15) is 9.19 Å². The highest BCUT2D eigenvalue weighted by atomic mass is 32.2. The minimum atomic E-state index is -3.43. The Morgan fingerprint density at radius 3 is 2.73 bits per heavy atom. The summed E-state index contributed by atoms with van der Waals surface area (Å²) in [6, 6.07) is 5.50. The fourth-order valence-corrected chi connectivity index (χ4v) is 4.83. The topological polar surface area (TPSA) is 64.4 Å². The Balaban J connectivity index is 1.69. The Morgan fingerprint density at radius 2 is 1.96 bits per heavy atom. The molecule has 26 heavy (non-hydrogen) atoms. The van der Waals surface area contributed by atoms with E-state index in [0.717, 1.165) is 41.9 Å². The molecule has 0 spiro atoms. The van der Waals surface area contributed by atoms with Crippen LogP contribution in [0.4, 0.5) is 0 Å². The third kappa shape index (κ3) is 4.57. The van der Waals surface area contributed by atoms with E-state index in [9.17, 15) is 8.42 Å². The summed E-state index contributed by atoms with van der Waals surface area (Å²) in [5.74, 6) is 0.826. The molecule has 144 valence electrons. The van der Waals surface area contributed by atoms with E-state index in [1.165, 1.54) is 19.3 Å². The molecule has 0 N–H and O–H groups in total. The van der Waals surface area contributed by atoms with Gasteiger partial charge >= 0.3 is 0 Å². The van der Waals surface area contributed by atoms with Crippen LogP contribution >= 0.6 is 0 Å². The number of nitrogens with zero attached hydrogens (tertiary/aromatic N) is 3. The van der Waals surface area contributed by atoms with Crippen LogP contribution in [0.1, 0.15) is 45.4 Å². The number of likely N-dealkylation sites (tertiary alicyclic amines) is 1. The number of benzene rings is 1. The Kier molecular flexibility index (Phi) is 6.53. The lowest BCUT2D eigenvalue weighted by Gasteiger charge is -2.26. The zero-order valence-electron chi connectivity index (χ0n) is 15.6. The lowest BCUT2D eigenvalue weighted by molar-refractivity contribution is 0.184. The molecule has 0 aliphatic carbocycles. The maximum Gasteiger partial charge on any atom is 0.254 e. The maximum absolute atomic E-state index is 12.6. The van der Waals surface area contributed by atoms with Gasteiger partial charge in [0.05, 0.1) is 22.9 Å². The fraction of sp³-hybridized carbons (Fsp3) is 0.632. The Morgan fingerprint density at radius 1 is 1.15 bits per heavy atom. The van der Waals surface area contributed by atoms with Gasteiger partial charge in [-0.3, -0.25) is 4.90 Å². The number of ether oxygens (including phenoxy) is 1. The highest BCUT2D eigenvalue weighted by Gasteiger charge is 2.19. The van der Waals surface area contributed by atoms with Crippen molar-refractivity contribution < 1.29 is 13.2 Å². The normalized spacial score (nSPS) is 16.2. The molecule has 1 fully saturated rings. The van der Waals surface area contributed by atoms with Gasteiger partial charge in [-0.05, 0) is 44.5 Å². The van der Waals surface area contributed by atoms with Crippen molar-refractivity contribution in [2.45, 2.75) is 45.4 Å². The van der Waals surface area contributed by atoms with Crippen LogP contribution in [0.3, 0.4) is 0 Å². The Hall–Kier alpha value is -1.60. The van der Waals surface area contributed by atoms with Gasteiger partial charge in [0.25, 0.3) is 10.0 Å². The van der Waals surface area contributed by atoms with E-state index in [0.29, 0.717) is 24.3 Å². The summed E-state index contributed by atoms with van der Waals surface area (Å²) in [6.07, 6.45) is 8.00. The standard InChI is InChI=1S/C19H29N3O3S/c1-2-3-7-15-26(23,24)22-18-9-8-10-19(17(18)16-20-22)25-14-13-21-11-5-4-6-12-21/h8-10,16H,2-7,11-15H2,1H3. The van der Waals surface area contributed by atoms with E-state index < -0.39 is 10.0 Å². The molecule has 0 saturated carbocycles. The quantitative estimate of drug-likeness (QED) is 0.626. The van der Waals surface area contributed by atoms with Crippen LogP contribution in [0.5, 0.6) is 5.75 Å². The van der Waals surface area contributed by atoms with Gasteiger partial charge in [0.2, 0.25) is 0 Å². The molecule has 1 saturated heterocycles. The zero-order valence-corrected chi connectivity index (χ0v) is 16.4. The third-order valence-electron chi connectivity index (χ3n) is 4.92. The number of hydrogen-bond acceptors (Lipinski definition) is 5. The fourth-order valence-electron chi connectivity index (χ4n) is 3.44. The summed E-state index contributed by atoms with van der Waals surface area (Å²) in [5, 5.41) is 4.90. The van der Waals surface area contributed by atoms with Crippen LogP contribution in [0.15, 0.2) is 24.4 Å². The minimum absolute atomic E-state index is 0.123. The van der Waals surface area contributed by atoms with Crippen molar-refractivity contribution in [1.29, 1.82) is 0 Å². The molecule has 1 aliphatic rings. The van der Waals surface area contributed by atoms with Gasteiger partial charge in [-0.1, -0.05) is 32.3 Å². The van der Waals surface area contributed by atoms with Crippen molar-refractivity contribution in [3.05, 3.63) is 24.4 Å². The molecule has 2 heterocycles. The van der Waals surface area contributed by atoms with Crippen molar-refractivity contribution in [2.75, 3.05) is 32.0 Å². The molecule has 1 aliphatic heterocycles. The monoisotopic (exact) mass is 379 g/mol. The first-order valence-electron chi connectivity index (χ1n) is 9.67. The molecule has 1 aromatic carbocycles. The first kappa shape index (κ1) is 19.2. The number of aromatic nitrogens is 2. The zero-order chi connectivity index (χ0) is 18.4. The smallest absolute Gasteiger partial charge is 0.254 e. The lowest BCUT2D eigenvalue weighted by atomic mass is 10.1. The van der Waals surface area contributed by atoms with Gasteiger partial charge in [0, 0.05) is 6.54 Å². The predicted molar refractivity (Wildman–Crippen MR) is 104 cm³/mol. The van der Waals surface area contributed by atoms with Crippen LogP contribution in [0.2, 0.25) is 0 Å². The van der Waals surface area contributed by atoms with Crippen LogP contribution in [0, 0.1) is 0 Å². The molecular weight excluding hydrogens is 350 g/mol. The summed E-state index contributed by atoms with van der Waals surface area (Å²) in [7, 11) is -3.43. The summed E-state index contributed by atoms with van der Waals surface area (Å²) in [5.41, 5.74) is 0.594. The van der Waals surface area contributed by atoms with E-state index in [4.69, 9.17) is 4.74 Å². The number of piperidine rings is 1. The largest absolute Gasteiger partial charge is 0.491 e. The van der Waals surface area contributed by atoms with Crippen LogP contribution in [0.25, 0.3) is 10.9 Å². The molecule has 3 rings (SSSR count). The molecule has 7 heteroatoms. The summed E-state index contributed by atoms with van der Waals surface area (Å²) >= 11 is 0. The highest BCUT2D eigenvalue weighted by molar-refractivity contribution is 7.89. The van der Waals surface area contributed by atoms with Crippen molar-refractivity contribution in [3.8, 4) is 5.75 Å². The van der Waals surface area contributed by atoms with Crippen molar-refractivity contribution in [2.24, 2.45) is 0 Å². The second-order valence-electron chi connectivity index (χ2n) is 6.95. The van der Waals surface area contributed by atoms with Crippen LogP contribution in [-0.4, -0.2) is 54.5 Å².